The van der Waals surface area contributed by atoms with Crippen LogP contribution in [0.4, 0.5) is 4.79 Å². The van der Waals surface area contributed by atoms with Crippen molar-refractivity contribution in [2.45, 2.75) is 12.8 Å². The summed E-state index contributed by atoms with van der Waals surface area (Å²) in [7, 11) is 0. The van der Waals surface area contributed by atoms with E-state index >= 15 is 0 Å². The highest BCUT2D eigenvalue weighted by molar-refractivity contribution is 5.67. The summed E-state index contributed by atoms with van der Waals surface area (Å²) < 4.78 is 4.49. The van der Waals surface area contributed by atoms with Crippen molar-refractivity contribution in [2.75, 3.05) is 19.9 Å². The molecular weight excluding hydrogens is 158 g/mol. The maximum absolute atomic E-state index is 11.1. The Kier molecular flexibility index (Phi) is 1.92. The summed E-state index contributed by atoms with van der Waals surface area (Å²) >= 11 is 0. The fourth-order valence-electron chi connectivity index (χ4n) is 1.90. The largest absolute Gasteiger partial charge is 0.422 e. The summed E-state index contributed by atoms with van der Waals surface area (Å²) in [4.78, 5) is 12.8. The Labute approximate surface area is 71.1 Å². The van der Waals surface area contributed by atoms with E-state index in [1.54, 1.807) is 4.90 Å². The number of rotatable bonds is 1. The monoisotopic (exact) mass is 171 g/mol. The quantitative estimate of drug-likeness (QED) is 0.581. The molecule has 1 amide bonds. The van der Waals surface area contributed by atoms with Gasteiger partial charge in [-0.15, -0.1) is 0 Å². The fourth-order valence-corrected chi connectivity index (χ4v) is 1.90. The van der Waals surface area contributed by atoms with Crippen LogP contribution in [0, 0.1) is 11.8 Å². The minimum absolute atomic E-state index is 0.372. The van der Waals surface area contributed by atoms with Gasteiger partial charge >= 0.3 is 6.09 Å². The fraction of sp³-hybridized carbons (Fsp3) is 0.875. The molecule has 2 rings (SSSR count). The van der Waals surface area contributed by atoms with Gasteiger partial charge in [-0.05, 0) is 24.7 Å². The van der Waals surface area contributed by atoms with Crippen molar-refractivity contribution in [2.24, 2.45) is 11.8 Å². The number of hydrogen-bond donors (Lipinski definition) is 1. The van der Waals surface area contributed by atoms with Crippen molar-refractivity contribution < 1.29 is 14.6 Å². The first-order valence-corrected chi connectivity index (χ1v) is 4.34. The van der Waals surface area contributed by atoms with Gasteiger partial charge in [-0.2, -0.15) is 0 Å². The van der Waals surface area contributed by atoms with Gasteiger partial charge in [0.2, 0.25) is 0 Å². The standard InChI is InChI=1S/C8H13NO3/c10-5-12-8(11)9-2-1-6-3-7(6)4-9/h6-7,10H,1-5H2. The third-order valence-electron chi connectivity index (χ3n) is 2.74. The third-order valence-corrected chi connectivity index (χ3v) is 2.74. The Morgan fingerprint density at radius 2 is 2.42 bits per heavy atom. The van der Waals surface area contributed by atoms with Gasteiger partial charge < -0.3 is 14.7 Å². The number of piperidine rings is 1. The van der Waals surface area contributed by atoms with Gasteiger partial charge in [-0.1, -0.05) is 0 Å². The molecule has 2 aliphatic rings. The van der Waals surface area contributed by atoms with Gasteiger partial charge in [0.25, 0.3) is 0 Å². The number of aliphatic hydroxyl groups is 1. The molecule has 0 radical (unpaired) electrons. The molecule has 0 bridgehead atoms. The van der Waals surface area contributed by atoms with Gasteiger partial charge in [0.1, 0.15) is 0 Å². The average Bonchev–Trinajstić information content (AvgIpc) is 2.81. The third kappa shape index (κ3) is 1.39. The molecule has 1 saturated carbocycles. The van der Waals surface area contributed by atoms with E-state index in [2.05, 4.69) is 4.74 Å². The second-order valence-electron chi connectivity index (χ2n) is 3.53. The van der Waals surface area contributed by atoms with Crippen molar-refractivity contribution in [1.29, 1.82) is 0 Å². The number of carbonyl (C=O) groups is 1. The zero-order valence-electron chi connectivity index (χ0n) is 6.90. The van der Waals surface area contributed by atoms with Gasteiger partial charge in [-0.25, -0.2) is 4.79 Å². The van der Waals surface area contributed by atoms with Crippen molar-refractivity contribution in [3.63, 3.8) is 0 Å². The van der Waals surface area contributed by atoms with Gasteiger partial charge in [0.05, 0.1) is 0 Å². The highest BCUT2D eigenvalue weighted by atomic mass is 16.6. The molecule has 1 heterocycles. The van der Waals surface area contributed by atoms with E-state index in [0.29, 0.717) is 5.92 Å². The predicted molar refractivity (Wildman–Crippen MR) is 41.4 cm³/mol. The molecule has 2 fully saturated rings. The number of amides is 1. The number of hydrogen-bond acceptors (Lipinski definition) is 3. The lowest BCUT2D eigenvalue weighted by molar-refractivity contribution is 0.0186. The average molecular weight is 171 g/mol. The number of likely N-dealkylation sites (tertiary alicyclic amines) is 1. The van der Waals surface area contributed by atoms with Gasteiger partial charge in [0, 0.05) is 13.1 Å². The van der Waals surface area contributed by atoms with Crippen molar-refractivity contribution >= 4 is 6.09 Å². The molecule has 1 saturated heterocycles. The van der Waals surface area contributed by atoms with Crippen LogP contribution in [0.15, 0.2) is 0 Å². The Hall–Kier alpha value is -0.770. The van der Waals surface area contributed by atoms with Crippen LogP contribution in [-0.4, -0.2) is 36.0 Å². The van der Waals surface area contributed by atoms with E-state index in [0.717, 1.165) is 25.4 Å². The maximum atomic E-state index is 11.1. The van der Waals surface area contributed by atoms with Crippen molar-refractivity contribution in [3.05, 3.63) is 0 Å². The predicted octanol–water partition coefficient (Wildman–Crippen LogP) is 0.415. The summed E-state index contributed by atoms with van der Waals surface area (Å²) in [5.74, 6) is 1.58. The molecule has 4 nitrogen and oxygen atoms in total. The Balaban J connectivity index is 1.83. The number of ether oxygens (including phenoxy) is 1. The normalized spacial score (nSPS) is 32.6. The zero-order valence-corrected chi connectivity index (χ0v) is 6.90. The Bertz CT molecular complexity index is 195. The second kappa shape index (κ2) is 2.94. The number of carbonyl (C=O) groups excluding carboxylic acids is 1. The van der Waals surface area contributed by atoms with Crippen LogP contribution < -0.4 is 0 Å². The van der Waals surface area contributed by atoms with Crippen LogP contribution in [0.3, 0.4) is 0 Å². The van der Waals surface area contributed by atoms with E-state index in [9.17, 15) is 4.79 Å². The number of aliphatic hydroxyl groups excluding tert-OH is 1. The molecule has 0 aromatic carbocycles. The topological polar surface area (TPSA) is 49.8 Å². The first-order valence-electron chi connectivity index (χ1n) is 4.34. The molecular formula is C8H13NO3. The van der Waals surface area contributed by atoms with Crippen molar-refractivity contribution in [3.8, 4) is 0 Å². The lowest BCUT2D eigenvalue weighted by Gasteiger charge is -2.24. The van der Waals surface area contributed by atoms with Crippen LogP contribution in [0.25, 0.3) is 0 Å². The number of fused-ring (bicyclic) bond motifs is 1. The van der Waals surface area contributed by atoms with Crippen LogP contribution in [0.1, 0.15) is 12.8 Å². The minimum Gasteiger partial charge on any atom is -0.422 e. The molecule has 1 aliphatic heterocycles. The molecule has 12 heavy (non-hydrogen) atoms. The molecule has 2 unspecified atom stereocenters. The number of nitrogens with zero attached hydrogens (tertiary/aromatic N) is 1. The van der Waals surface area contributed by atoms with E-state index in [1.165, 1.54) is 6.42 Å². The summed E-state index contributed by atoms with van der Waals surface area (Å²) in [5, 5.41) is 8.37. The zero-order chi connectivity index (χ0) is 8.55. The van der Waals surface area contributed by atoms with E-state index < -0.39 is 6.79 Å². The summed E-state index contributed by atoms with van der Waals surface area (Å²) in [5.41, 5.74) is 0. The molecule has 68 valence electrons. The van der Waals surface area contributed by atoms with Crippen LogP contribution in [-0.2, 0) is 4.74 Å². The Morgan fingerprint density at radius 1 is 1.58 bits per heavy atom. The van der Waals surface area contributed by atoms with Crippen LogP contribution >= 0.6 is 0 Å². The van der Waals surface area contributed by atoms with Gasteiger partial charge in [-0.3, -0.25) is 0 Å². The lowest BCUT2D eigenvalue weighted by Crippen LogP contribution is -2.37. The molecule has 0 spiro atoms. The smallest absolute Gasteiger partial charge is 0.411 e. The summed E-state index contributed by atoms with van der Waals surface area (Å²) in [6.07, 6.45) is 2.00. The van der Waals surface area contributed by atoms with Crippen LogP contribution in [0.5, 0.6) is 0 Å². The van der Waals surface area contributed by atoms with E-state index in [4.69, 9.17) is 5.11 Å². The molecule has 1 aliphatic carbocycles. The molecule has 1 N–H and O–H groups in total. The summed E-state index contributed by atoms with van der Waals surface area (Å²) in [6.45, 7) is 1.10. The molecule has 4 heteroatoms. The minimum atomic E-state index is -0.510. The molecule has 0 aromatic heterocycles. The van der Waals surface area contributed by atoms with Gasteiger partial charge in [0.15, 0.2) is 6.79 Å². The highest BCUT2D eigenvalue weighted by Crippen LogP contribution is 2.44. The van der Waals surface area contributed by atoms with E-state index in [1.807, 2.05) is 0 Å². The maximum Gasteiger partial charge on any atom is 0.411 e. The van der Waals surface area contributed by atoms with Crippen molar-refractivity contribution in [1.82, 2.24) is 4.90 Å². The SMILES string of the molecule is O=C(OCO)N1CCC2CC2C1. The van der Waals surface area contributed by atoms with E-state index in [-0.39, 0.29) is 6.09 Å². The Morgan fingerprint density at radius 3 is 3.08 bits per heavy atom. The first kappa shape index (κ1) is 7.86. The lowest BCUT2D eigenvalue weighted by atomic mass is 10.1. The first-order chi connectivity index (χ1) is 5.81. The molecule has 0 aromatic rings. The van der Waals surface area contributed by atoms with Crippen LogP contribution in [0.2, 0.25) is 0 Å². The summed E-state index contributed by atoms with van der Waals surface area (Å²) in [6, 6.07) is 0. The molecule has 2 atom stereocenters. The highest BCUT2D eigenvalue weighted by Gasteiger charge is 2.42. The second-order valence-corrected chi connectivity index (χ2v) is 3.53.